The van der Waals surface area contributed by atoms with Crippen molar-refractivity contribution < 1.29 is 8.78 Å². The maximum atomic E-state index is 13.5. The number of hydrogen-bond donors (Lipinski definition) is 2. The molecule has 1 aliphatic rings. The van der Waals surface area contributed by atoms with Crippen LogP contribution in [0, 0.1) is 11.6 Å². The molecule has 1 heterocycles. The fraction of sp³-hybridized carbons (Fsp3) is 0.538. The Labute approximate surface area is 100 Å². The molecule has 1 aromatic rings. The number of rotatable bonds is 2. The smallest absolute Gasteiger partial charge is 0.149 e. The first-order chi connectivity index (χ1) is 7.96. The molecule has 0 amide bonds. The topological polar surface area (TPSA) is 24.1 Å². The van der Waals surface area contributed by atoms with Crippen molar-refractivity contribution in [3.63, 3.8) is 0 Å². The molecule has 1 saturated heterocycles. The van der Waals surface area contributed by atoms with Crippen molar-refractivity contribution in [2.45, 2.75) is 38.3 Å². The van der Waals surface area contributed by atoms with Crippen LogP contribution in [0.3, 0.4) is 0 Å². The zero-order valence-corrected chi connectivity index (χ0v) is 10.2. The summed E-state index contributed by atoms with van der Waals surface area (Å²) in [6, 6.07) is 3.87. The first-order valence-electron chi connectivity index (χ1n) is 5.93. The Hall–Kier alpha value is -1.16. The van der Waals surface area contributed by atoms with E-state index in [1.165, 1.54) is 12.1 Å². The van der Waals surface area contributed by atoms with Gasteiger partial charge in [-0.25, -0.2) is 8.78 Å². The van der Waals surface area contributed by atoms with Crippen LogP contribution in [0.2, 0.25) is 0 Å². The molecule has 2 N–H and O–H groups in total. The van der Waals surface area contributed by atoms with Gasteiger partial charge in [-0.3, -0.25) is 0 Å². The van der Waals surface area contributed by atoms with Crippen LogP contribution < -0.4 is 10.6 Å². The molecule has 1 aliphatic heterocycles. The zero-order chi connectivity index (χ0) is 12.5. The van der Waals surface area contributed by atoms with Gasteiger partial charge < -0.3 is 10.6 Å². The van der Waals surface area contributed by atoms with E-state index in [-0.39, 0.29) is 11.6 Å². The Morgan fingerprint density at radius 2 is 2.12 bits per heavy atom. The number of anilines is 1. The maximum Gasteiger partial charge on any atom is 0.149 e. The lowest BCUT2D eigenvalue weighted by Gasteiger charge is -2.37. The first kappa shape index (κ1) is 12.3. The van der Waals surface area contributed by atoms with Gasteiger partial charge in [0.2, 0.25) is 0 Å². The van der Waals surface area contributed by atoms with Crippen molar-refractivity contribution in [1.29, 1.82) is 0 Å². The van der Waals surface area contributed by atoms with Gasteiger partial charge in [0, 0.05) is 17.6 Å². The standard InChI is InChI=1S/C13H18F2N2/c1-13(2)8-10(5-6-16-13)17-12-4-3-9(14)7-11(12)15/h3-4,7,10,16-17H,5-6,8H2,1-2H3. The van der Waals surface area contributed by atoms with E-state index in [1.807, 2.05) is 0 Å². The molecule has 0 spiro atoms. The van der Waals surface area contributed by atoms with Crippen LogP contribution in [0.15, 0.2) is 18.2 Å². The zero-order valence-electron chi connectivity index (χ0n) is 10.2. The third-order valence-electron chi connectivity index (χ3n) is 3.14. The van der Waals surface area contributed by atoms with Gasteiger partial charge >= 0.3 is 0 Å². The van der Waals surface area contributed by atoms with Crippen molar-refractivity contribution in [2.75, 3.05) is 11.9 Å². The van der Waals surface area contributed by atoms with E-state index in [2.05, 4.69) is 24.5 Å². The van der Waals surface area contributed by atoms with Gasteiger partial charge in [-0.1, -0.05) is 0 Å². The van der Waals surface area contributed by atoms with E-state index in [0.29, 0.717) is 5.69 Å². The average molecular weight is 240 g/mol. The molecule has 1 fully saturated rings. The predicted molar refractivity (Wildman–Crippen MR) is 65.1 cm³/mol. The monoisotopic (exact) mass is 240 g/mol. The van der Waals surface area contributed by atoms with Crippen LogP contribution in [0.4, 0.5) is 14.5 Å². The predicted octanol–water partition coefficient (Wildman–Crippen LogP) is 2.91. The van der Waals surface area contributed by atoms with E-state index < -0.39 is 11.6 Å². The normalized spacial score (nSPS) is 23.4. The highest BCUT2D eigenvalue weighted by Crippen LogP contribution is 2.23. The number of benzene rings is 1. The maximum absolute atomic E-state index is 13.5. The van der Waals surface area contributed by atoms with Crippen molar-refractivity contribution >= 4 is 5.69 Å². The summed E-state index contributed by atoms with van der Waals surface area (Å²) in [6.45, 7) is 5.16. The number of hydrogen-bond acceptors (Lipinski definition) is 2. The van der Waals surface area contributed by atoms with Crippen LogP contribution in [0.25, 0.3) is 0 Å². The van der Waals surface area contributed by atoms with E-state index in [4.69, 9.17) is 0 Å². The molecule has 0 radical (unpaired) electrons. The molecule has 17 heavy (non-hydrogen) atoms. The van der Waals surface area contributed by atoms with Gasteiger partial charge in [0.25, 0.3) is 0 Å². The summed E-state index contributed by atoms with van der Waals surface area (Å²) < 4.78 is 26.3. The summed E-state index contributed by atoms with van der Waals surface area (Å²) in [6.07, 6.45) is 1.87. The van der Waals surface area contributed by atoms with Gasteiger partial charge in [0.05, 0.1) is 5.69 Å². The van der Waals surface area contributed by atoms with Crippen molar-refractivity contribution in [1.82, 2.24) is 5.32 Å². The van der Waals surface area contributed by atoms with Gasteiger partial charge in [0.1, 0.15) is 11.6 Å². The summed E-state index contributed by atoms with van der Waals surface area (Å²) >= 11 is 0. The Balaban J connectivity index is 2.05. The van der Waals surface area contributed by atoms with E-state index in [1.54, 1.807) is 0 Å². The molecule has 1 aromatic carbocycles. The number of piperidine rings is 1. The SMILES string of the molecule is CC1(C)CC(Nc2ccc(F)cc2F)CCN1. The molecule has 2 rings (SSSR count). The van der Waals surface area contributed by atoms with Crippen molar-refractivity contribution in [3.05, 3.63) is 29.8 Å². The fourth-order valence-corrected chi connectivity index (χ4v) is 2.32. The molecule has 0 aromatic heterocycles. The third kappa shape index (κ3) is 3.16. The second-order valence-electron chi connectivity index (χ2n) is 5.27. The van der Waals surface area contributed by atoms with Gasteiger partial charge in [-0.2, -0.15) is 0 Å². The van der Waals surface area contributed by atoms with Crippen LogP contribution in [0.5, 0.6) is 0 Å². The summed E-state index contributed by atoms with van der Waals surface area (Å²) in [5, 5.41) is 6.55. The molecule has 2 nitrogen and oxygen atoms in total. The van der Waals surface area contributed by atoms with Crippen LogP contribution in [-0.4, -0.2) is 18.1 Å². The molecule has 0 bridgehead atoms. The highest BCUT2D eigenvalue weighted by molar-refractivity contribution is 5.45. The summed E-state index contributed by atoms with van der Waals surface area (Å²) in [4.78, 5) is 0. The van der Waals surface area contributed by atoms with E-state index in [9.17, 15) is 8.78 Å². The van der Waals surface area contributed by atoms with Gasteiger partial charge in [0.15, 0.2) is 0 Å². The lowest BCUT2D eigenvalue weighted by molar-refractivity contribution is 0.286. The Morgan fingerprint density at radius 1 is 1.35 bits per heavy atom. The third-order valence-corrected chi connectivity index (χ3v) is 3.14. The molecule has 94 valence electrons. The quantitative estimate of drug-likeness (QED) is 0.830. The molecule has 1 atom stereocenters. The highest BCUT2D eigenvalue weighted by atomic mass is 19.1. The number of halogens is 2. The molecule has 0 saturated carbocycles. The van der Waals surface area contributed by atoms with Crippen molar-refractivity contribution in [2.24, 2.45) is 0 Å². The summed E-state index contributed by atoms with van der Waals surface area (Å²) in [5.74, 6) is -1.07. The molecule has 1 unspecified atom stereocenters. The minimum absolute atomic E-state index is 0.0619. The second-order valence-corrected chi connectivity index (χ2v) is 5.27. The van der Waals surface area contributed by atoms with Gasteiger partial charge in [-0.15, -0.1) is 0 Å². The Morgan fingerprint density at radius 3 is 2.76 bits per heavy atom. The van der Waals surface area contributed by atoms with Crippen LogP contribution >= 0.6 is 0 Å². The fourth-order valence-electron chi connectivity index (χ4n) is 2.32. The minimum atomic E-state index is -0.543. The minimum Gasteiger partial charge on any atom is -0.380 e. The molecular weight excluding hydrogens is 222 g/mol. The summed E-state index contributed by atoms with van der Waals surface area (Å²) in [7, 11) is 0. The van der Waals surface area contributed by atoms with E-state index in [0.717, 1.165) is 25.5 Å². The van der Waals surface area contributed by atoms with Crippen LogP contribution in [0.1, 0.15) is 26.7 Å². The first-order valence-corrected chi connectivity index (χ1v) is 5.93. The molecular formula is C13H18F2N2. The molecule has 0 aliphatic carbocycles. The summed E-state index contributed by atoms with van der Waals surface area (Å²) in [5.41, 5.74) is 0.445. The number of nitrogens with one attached hydrogen (secondary N) is 2. The Bertz CT molecular complexity index is 404. The lowest BCUT2D eigenvalue weighted by Crippen LogP contribution is -2.50. The van der Waals surface area contributed by atoms with Crippen LogP contribution in [-0.2, 0) is 0 Å². The van der Waals surface area contributed by atoms with Crippen molar-refractivity contribution in [3.8, 4) is 0 Å². The second kappa shape index (κ2) is 4.61. The molecule has 4 heteroatoms. The van der Waals surface area contributed by atoms with E-state index >= 15 is 0 Å². The van der Waals surface area contributed by atoms with Gasteiger partial charge in [-0.05, 0) is 45.4 Å². The lowest BCUT2D eigenvalue weighted by atomic mass is 9.89. The largest absolute Gasteiger partial charge is 0.380 e. The highest BCUT2D eigenvalue weighted by Gasteiger charge is 2.27. The Kier molecular flexibility index (Phi) is 3.33. The average Bonchev–Trinajstić information content (AvgIpc) is 2.21.